The van der Waals surface area contributed by atoms with Gasteiger partial charge >= 0.3 is 12.8 Å². The largest absolute Gasteiger partial charge is 0.391 e. The molecule has 0 aliphatic rings. The molecule has 0 radical (unpaired) electrons. The highest BCUT2D eigenvalue weighted by Crippen LogP contribution is 2.65. The number of nitrogens with zero attached hydrogens (tertiary/aromatic N) is 1. The summed E-state index contributed by atoms with van der Waals surface area (Å²) in [4.78, 5) is 13.6. The highest BCUT2D eigenvalue weighted by atomic mass is 79.9. The number of urea groups is 1. The van der Waals surface area contributed by atoms with E-state index in [1.807, 2.05) is 0 Å². The van der Waals surface area contributed by atoms with Crippen LogP contribution in [0.4, 0.5) is 14.9 Å². The number of carbonyl (C=O) groups excluding carboxylic acids is 1. The average Bonchev–Trinajstić information content (AvgIpc) is 2.53. The molecule has 0 aliphatic carbocycles. The van der Waals surface area contributed by atoms with Crippen LogP contribution in [-0.4, -0.2) is 39.8 Å². The molecule has 1 unspecified atom stereocenters. The van der Waals surface area contributed by atoms with Crippen LogP contribution >= 0.6 is 57.3 Å². The molecule has 0 saturated carbocycles. The molecule has 26 heavy (non-hydrogen) atoms. The van der Waals surface area contributed by atoms with Crippen molar-refractivity contribution in [1.29, 1.82) is 0 Å². The van der Waals surface area contributed by atoms with E-state index in [0.717, 1.165) is 4.90 Å². The lowest BCUT2D eigenvalue weighted by Crippen LogP contribution is -2.44. The fourth-order valence-corrected chi connectivity index (χ4v) is 7.77. The van der Waals surface area contributed by atoms with Crippen molar-refractivity contribution in [1.82, 2.24) is 4.90 Å². The Kier molecular flexibility index (Phi) is 9.70. The van der Waals surface area contributed by atoms with Crippen molar-refractivity contribution in [3.8, 4) is 0 Å². The molecule has 148 valence electrons. The van der Waals surface area contributed by atoms with Crippen molar-refractivity contribution in [2.75, 3.05) is 25.6 Å². The van der Waals surface area contributed by atoms with Gasteiger partial charge < -0.3 is 19.3 Å². The minimum atomic E-state index is -3.64. The Morgan fingerprint density at radius 3 is 2.38 bits per heavy atom. The second kappa shape index (κ2) is 10.5. The summed E-state index contributed by atoms with van der Waals surface area (Å²) in [6.45, 7) is -0.0787. The molecule has 0 saturated heterocycles. The van der Waals surface area contributed by atoms with Gasteiger partial charge in [0.25, 0.3) is 0 Å². The van der Waals surface area contributed by atoms with E-state index in [0.29, 0.717) is 11.4 Å². The van der Waals surface area contributed by atoms with Crippen molar-refractivity contribution in [3.63, 3.8) is 0 Å². The van der Waals surface area contributed by atoms with E-state index in [2.05, 4.69) is 21.2 Å². The molecule has 1 aromatic carbocycles. The molecular weight excluding hydrogens is 493 g/mol. The maximum Gasteiger partial charge on any atom is 0.391 e. The minimum Gasteiger partial charge on any atom is -0.311 e. The van der Waals surface area contributed by atoms with Gasteiger partial charge in [-0.1, -0.05) is 35.3 Å². The number of anilines is 1. The lowest BCUT2D eigenvalue weighted by molar-refractivity contribution is 0.219. The smallest absolute Gasteiger partial charge is 0.311 e. The van der Waals surface area contributed by atoms with E-state index in [1.165, 1.54) is 25.2 Å². The van der Waals surface area contributed by atoms with E-state index in [4.69, 9.17) is 32.2 Å². The Hall–Kier alpha value is -0.0200. The van der Waals surface area contributed by atoms with Crippen molar-refractivity contribution in [2.45, 2.75) is 22.5 Å². The lowest BCUT2D eigenvalue weighted by atomic mass is 10.3. The van der Waals surface area contributed by atoms with Gasteiger partial charge in [0.05, 0.1) is 18.9 Å². The van der Waals surface area contributed by atoms with Crippen LogP contribution in [0.1, 0.15) is 13.8 Å². The molecule has 2 amide bonds. The second-order valence-corrected chi connectivity index (χ2v) is 12.4. The Balaban J connectivity index is 3.02. The molecule has 0 aliphatic heterocycles. The van der Waals surface area contributed by atoms with Gasteiger partial charge in [0.15, 0.2) is 0 Å². The molecular formula is C14H19BrCl2FN2O4PS. The number of nitrogens with one attached hydrogen (secondary N) is 1. The highest BCUT2D eigenvalue weighted by Gasteiger charge is 2.44. The van der Waals surface area contributed by atoms with E-state index in [9.17, 15) is 13.8 Å². The molecule has 0 fully saturated rings. The Morgan fingerprint density at radius 1 is 1.38 bits per heavy atom. The van der Waals surface area contributed by atoms with Crippen LogP contribution in [0, 0.1) is 5.82 Å². The number of benzene rings is 1. The number of alkyl halides is 3. The predicted octanol–water partition coefficient (Wildman–Crippen LogP) is 6.06. The molecule has 1 N–H and O–H groups in total. The summed E-state index contributed by atoms with van der Waals surface area (Å²) in [5, 5.41) is 1.32. The Morgan fingerprint density at radius 2 is 1.92 bits per heavy atom. The fraction of sp³-hybridized carbons (Fsp3) is 0.500. The van der Waals surface area contributed by atoms with Gasteiger partial charge in [0, 0.05) is 7.05 Å². The van der Waals surface area contributed by atoms with E-state index in [1.54, 1.807) is 19.9 Å². The summed E-state index contributed by atoms with van der Waals surface area (Å²) in [5.41, 5.74) is -0.0183. The van der Waals surface area contributed by atoms with E-state index in [-0.39, 0.29) is 18.9 Å². The average molecular weight is 512 g/mol. The van der Waals surface area contributed by atoms with Crippen LogP contribution in [0.2, 0.25) is 0 Å². The first-order chi connectivity index (χ1) is 12.0. The predicted molar refractivity (Wildman–Crippen MR) is 109 cm³/mol. The third kappa shape index (κ3) is 7.19. The fourth-order valence-electron chi connectivity index (χ4n) is 1.76. The zero-order valence-electron chi connectivity index (χ0n) is 14.2. The standard InChI is InChI=1S/C14H19BrCl2FN2O4PS/c1-4-23-25(22,24-5-2)26-12(14(15,16)17)20(3)13(21)19-11-9-7-6-8-10(11)18/h6-9,12H,4-5H2,1-3H3,(H,19,21). The Bertz CT molecular complexity index is 658. The van der Waals surface area contributed by atoms with Crippen molar-refractivity contribution < 1.29 is 22.8 Å². The molecule has 0 bridgehead atoms. The summed E-state index contributed by atoms with van der Waals surface area (Å²) in [7, 11) is 1.37. The monoisotopic (exact) mass is 510 g/mol. The number of para-hydroxylation sites is 1. The van der Waals surface area contributed by atoms with Gasteiger partial charge in [-0.3, -0.25) is 0 Å². The topological polar surface area (TPSA) is 67.9 Å². The first kappa shape index (κ1) is 24.0. The normalized spacial score (nSPS) is 13.3. The zero-order chi connectivity index (χ0) is 20.0. The van der Waals surface area contributed by atoms with Gasteiger partial charge in [0.2, 0.25) is 3.24 Å². The summed E-state index contributed by atoms with van der Waals surface area (Å²) in [6.07, 6.45) is 0. The van der Waals surface area contributed by atoms with Crippen LogP contribution in [0.25, 0.3) is 0 Å². The van der Waals surface area contributed by atoms with Crippen molar-refractivity contribution >= 4 is 69.0 Å². The van der Waals surface area contributed by atoms with Gasteiger partial charge in [-0.25, -0.2) is 13.8 Å². The molecule has 6 nitrogen and oxygen atoms in total. The van der Waals surface area contributed by atoms with Gasteiger partial charge in [-0.15, -0.1) is 0 Å². The van der Waals surface area contributed by atoms with Crippen molar-refractivity contribution in [3.05, 3.63) is 30.1 Å². The molecule has 0 aromatic heterocycles. The molecule has 1 aromatic rings. The first-order valence-corrected chi connectivity index (χ1v) is 12.0. The molecule has 1 atom stereocenters. The maximum absolute atomic E-state index is 13.7. The lowest BCUT2D eigenvalue weighted by Gasteiger charge is -2.34. The van der Waals surface area contributed by atoms with Crippen LogP contribution in [0.5, 0.6) is 0 Å². The molecule has 1 rings (SSSR count). The minimum absolute atomic E-state index is 0.0183. The van der Waals surface area contributed by atoms with Crippen LogP contribution in [0.15, 0.2) is 24.3 Å². The van der Waals surface area contributed by atoms with E-state index >= 15 is 0 Å². The summed E-state index contributed by atoms with van der Waals surface area (Å²) in [5.74, 6) is -0.602. The number of rotatable bonds is 9. The number of carbonyl (C=O) groups is 1. The van der Waals surface area contributed by atoms with Crippen LogP contribution < -0.4 is 5.32 Å². The van der Waals surface area contributed by atoms with Crippen LogP contribution in [0.3, 0.4) is 0 Å². The second-order valence-electron chi connectivity index (χ2n) is 4.80. The summed E-state index contributed by atoms with van der Waals surface area (Å²) < 4.78 is 35.2. The highest BCUT2D eigenvalue weighted by molar-refractivity contribution is 9.11. The quantitative estimate of drug-likeness (QED) is 0.248. The summed E-state index contributed by atoms with van der Waals surface area (Å²) >= 11 is 15.9. The number of hydrogen-bond acceptors (Lipinski definition) is 5. The molecule has 12 heteroatoms. The SMILES string of the molecule is CCOP(=O)(OCC)SC(N(C)C(=O)Nc1ccccc1F)C(Cl)(Cl)Br. The van der Waals surface area contributed by atoms with Gasteiger partial charge in [-0.2, -0.15) is 0 Å². The molecule has 0 spiro atoms. The van der Waals surface area contributed by atoms with Crippen molar-refractivity contribution in [2.24, 2.45) is 0 Å². The third-order valence-corrected chi connectivity index (χ3v) is 8.56. The number of halogens is 4. The maximum atomic E-state index is 13.7. The third-order valence-electron chi connectivity index (χ3n) is 2.87. The van der Waals surface area contributed by atoms with Gasteiger partial charge in [-0.05, 0) is 53.3 Å². The first-order valence-electron chi connectivity index (χ1n) is 7.46. The van der Waals surface area contributed by atoms with E-state index < -0.39 is 27.3 Å². The Labute approximate surface area is 174 Å². The molecule has 0 heterocycles. The van der Waals surface area contributed by atoms with Gasteiger partial charge in [0.1, 0.15) is 11.2 Å². The number of amides is 2. The van der Waals surface area contributed by atoms with Crippen LogP contribution in [-0.2, 0) is 13.6 Å². The summed E-state index contributed by atoms with van der Waals surface area (Å²) in [6, 6.07) is 4.96. The zero-order valence-corrected chi connectivity index (χ0v) is 19.1. The number of hydrogen-bond donors (Lipinski definition) is 1.